The Balaban J connectivity index is 1.42. The van der Waals surface area contributed by atoms with Crippen molar-refractivity contribution in [1.82, 2.24) is 10.3 Å². The van der Waals surface area contributed by atoms with Crippen molar-refractivity contribution in [3.05, 3.63) is 57.2 Å². The summed E-state index contributed by atoms with van der Waals surface area (Å²) in [6, 6.07) is 9.24. The van der Waals surface area contributed by atoms with Gasteiger partial charge in [0.2, 0.25) is 0 Å². The molecule has 1 amide bonds. The van der Waals surface area contributed by atoms with Crippen LogP contribution in [0.3, 0.4) is 0 Å². The summed E-state index contributed by atoms with van der Waals surface area (Å²) in [4.78, 5) is 16.4. The normalized spacial score (nSPS) is 12.9. The van der Waals surface area contributed by atoms with Crippen LogP contribution >= 0.6 is 23.2 Å². The molecule has 3 rings (SSSR count). The van der Waals surface area contributed by atoms with Crippen molar-refractivity contribution in [3.63, 3.8) is 0 Å². The number of amides is 1. The maximum absolute atomic E-state index is 11.8. The molecule has 0 spiro atoms. The summed E-state index contributed by atoms with van der Waals surface area (Å²) in [5.74, 6) is 0.964. The minimum absolute atomic E-state index is 0.143. The lowest BCUT2D eigenvalue weighted by atomic mass is 10.1. The maximum Gasteiger partial charge on any atom is 0.407 e. The number of benzene rings is 1. The third-order valence-electron chi connectivity index (χ3n) is 3.96. The van der Waals surface area contributed by atoms with E-state index in [1.165, 1.54) is 5.56 Å². The van der Waals surface area contributed by atoms with Gasteiger partial charge in [-0.1, -0.05) is 35.3 Å². The number of anilines is 1. The van der Waals surface area contributed by atoms with Gasteiger partial charge in [-0.3, -0.25) is 0 Å². The molecule has 0 radical (unpaired) electrons. The zero-order valence-electron chi connectivity index (χ0n) is 13.6. The van der Waals surface area contributed by atoms with Gasteiger partial charge in [0.25, 0.3) is 0 Å². The average Bonchev–Trinajstić information content (AvgIpc) is 2.62. The van der Waals surface area contributed by atoms with E-state index >= 15 is 0 Å². The Kier molecular flexibility index (Phi) is 6.00. The van der Waals surface area contributed by atoms with Crippen molar-refractivity contribution in [2.45, 2.75) is 25.9 Å². The van der Waals surface area contributed by atoms with Gasteiger partial charge in [0, 0.05) is 25.2 Å². The van der Waals surface area contributed by atoms with Crippen LogP contribution in [-0.2, 0) is 24.2 Å². The third-order valence-corrected chi connectivity index (χ3v) is 4.70. The Morgan fingerprint density at radius 1 is 1.24 bits per heavy atom. The largest absolute Gasteiger partial charge is 0.445 e. The molecule has 0 atom stereocenters. The summed E-state index contributed by atoms with van der Waals surface area (Å²) >= 11 is 11.8. The molecule has 0 saturated carbocycles. The summed E-state index contributed by atoms with van der Waals surface area (Å²) in [6.07, 6.45) is 2.38. The molecule has 2 heterocycles. The molecule has 1 aromatic carbocycles. The summed E-state index contributed by atoms with van der Waals surface area (Å²) in [5, 5.41) is 6.95. The topological polar surface area (TPSA) is 63.2 Å². The first-order valence-electron chi connectivity index (χ1n) is 8.19. The zero-order chi connectivity index (χ0) is 17.6. The van der Waals surface area contributed by atoms with Crippen molar-refractivity contribution in [3.8, 4) is 0 Å². The van der Waals surface area contributed by atoms with Crippen molar-refractivity contribution in [2.75, 3.05) is 18.4 Å². The van der Waals surface area contributed by atoms with E-state index < -0.39 is 6.09 Å². The van der Waals surface area contributed by atoms with Gasteiger partial charge in [-0.2, -0.15) is 0 Å². The van der Waals surface area contributed by atoms with Gasteiger partial charge in [-0.25, -0.2) is 9.78 Å². The predicted octanol–water partition coefficient (Wildman–Crippen LogP) is 4.22. The minimum atomic E-state index is -0.470. The molecule has 7 heteroatoms. The lowest BCUT2D eigenvalue weighted by Gasteiger charge is -2.17. The molecule has 2 aromatic rings. The molecule has 5 nitrogen and oxygen atoms in total. The first-order valence-corrected chi connectivity index (χ1v) is 8.94. The lowest BCUT2D eigenvalue weighted by molar-refractivity contribution is 0.140. The molecule has 0 unspecified atom stereocenters. The van der Waals surface area contributed by atoms with E-state index in [1.807, 2.05) is 6.07 Å². The van der Waals surface area contributed by atoms with Gasteiger partial charge >= 0.3 is 6.09 Å². The summed E-state index contributed by atoms with van der Waals surface area (Å²) in [7, 11) is 0. The number of nitrogens with zero attached hydrogens (tertiary/aromatic N) is 1. The number of aromatic nitrogens is 1. The molecule has 1 aromatic heterocycles. The number of halogens is 2. The zero-order valence-corrected chi connectivity index (χ0v) is 15.2. The van der Waals surface area contributed by atoms with E-state index in [0.29, 0.717) is 23.0 Å². The highest BCUT2D eigenvalue weighted by Gasteiger charge is 2.10. The number of hydrogen-bond acceptors (Lipinski definition) is 4. The van der Waals surface area contributed by atoms with Gasteiger partial charge in [-0.05, 0) is 42.2 Å². The number of carbonyl (C=O) groups is 1. The lowest BCUT2D eigenvalue weighted by Crippen LogP contribution is -2.26. The van der Waals surface area contributed by atoms with Crippen LogP contribution in [0.25, 0.3) is 0 Å². The van der Waals surface area contributed by atoms with Crippen LogP contribution < -0.4 is 10.6 Å². The number of pyridine rings is 1. The average molecular weight is 380 g/mol. The van der Waals surface area contributed by atoms with E-state index in [-0.39, 0.29) is 6.61 Å². The molecular formula is C18H19Cl2N3O2. The van der Waals surface area contributed by atoms with Gasteiger partial charge < -0.3 is 15.4 Å². The fraction of sp³-hybridized carbons (Fsp3) is 0.333. The number of carbonyl (C=O) groups excluding carboxylic acids is 1. The van der Waals surface area contributed by atoms with Gasteiger partial charge in [0.05, 0.1) is 10.0 Å². The molecule has 132 valence electrons. The van der Waals surface area contributed by atoms with Gasteiger partial charge in [-0.15, -0.1) is 0 Å². The second-order valence-corrected chi connectivity index (χ2v) is 6.66. The van der Waals surface area contributed by atoms with Crippen molar-refractivity contribution < 1.29 is 9.53 Å². The second-order valence-electron chi connectivity index (χ2n) is 5.84. The van der Waals surface area contributed by atoms with Crippen molar-refractivity contribution >= 4 is 35.1 Å². The third kappa shape index (κ3) is 5.00. The van der Waals surface area contributed by atoms with Crippen molar-refractivity contribution in [1.29, 1.82) is 0 Å². The van der Waals surface area contributed by atoms with Crippen LogP contribution in [0.2, 0.25) is 10.0 Å². The van der Waals surface area contributed by atoms with Crippen LogP contribution in [0, 0.1) is 0 Å². The summed E-state index contributed by atoms with van der Waals surface area (Å²) in [5.41, 5.74) is 2.98. The first kappa shape index (κ1) is 17.8. The first-order chi connectivity index (χ1) is 12.1. The number of nitrogens with one attached hydrogen (secondary N) is 2. The molecule has 0 bridgehead atoms. The Morgan fingerprint density at radius 3 is 2.96 bits per heavy atom. The Hall–Kier alpha value is -1.98. The van der Waals surface area contributed by atoms with Crippen molar-refractivity contribution in [2.24, 2.45) is 0 Å². The number of hydrogen-bond donors (Lipinski definition) is 2. The smallest absolute Gasteiger partial charge is 0.407 e. The fourth-order valence-corrected chi connectivity index (χ4v) is 2.95. The SMILES string of the molecule is O=C(NCCc1ccc2c(n1)NCCC2)OCc1ccc(Cl)c(Cl)c1. The maximum atomic E-state index is 11.8. The number of aryl methyl sites for hydroxylation is 1. The van der Waals surface area contributed by atoms with Crippen LogP contribution in [0.4, 0.5) is 10.6 Å². The highest BCUT2D eigenvalue weighted by molar-refractivity contribution is 6.42. The number of alkyl carbamates (subject to hydrolysis) is 1. The van der Waals surface area contributed by atoms with E-state index in [9.17, 15) is 4.79 Å². The molecular weight excluding hydrogens is 361 g/mol. The van der Waals surface area contributed by atoms with Crippen LogP contribution in [0.1, 0.15) is 23.2 Å². The second kappa shape index (κ2) is 8.41. The Morgan fingerprint density at radius 2 is 2.12 bits per heavy atom. The molecule has 0 fully saturated rings. The number of rotatable bonds is 5. The standard InChI is InChI=1S/C18H19Cl2N3O2/c19-15-6-3-12(10-16(15)20)11-25-18(24)22-9-7-14-5-4-13-2-1-8-21-17(13)23-14/h3-6,10H,1-2,7-9,11H2,(H,21,23)(H,22,24). The van der Waals surface area contributed by atoms with Gasteiger partial charge in [0.1, 0.15) is 12.4 Å². The summed E-state index contributed by atoms with van der Waals surface area (Å²) < 4.78 is 5.17. The van der Waals surface area contributed by atoms with Crippen LogP contribution in [-0.4, -0.2) is 24.2 Å². The Labute approximate surface area is 156 Å². The monoisotopic (exact) mass is 379 g/mol. The fourth-order valence-electron chi connectivity index (χ4n) is 2.63. The molecule has 25 heavy (non-hydrogen) atoms. The number of ether oxygens (including phenoxy) is 1. The van der Waals surface area contributed by atoms with Crippen LogP contribution in [0.15, 0.2) is 30.3 Å². The minimum Gasteiger partial charge on any atom is -0.445 e. The number of fused-ring (bicyclic) bond motifs is 1. The Bertz CT molecular complexity index is 768. The highest BCUT2D eigenvalue weighted by Crippen LogP contribution is 2.23. The quantitative estimate of drug-likeness (QED) is 0.816. The van der Waals surface area contributed by atoms with Crippen LogP contribution in [0.5, 0.6) is 0 Å². The highest BCUT2D eigenvalue weighted by atomic mass is 35.5. The molecule has 2 N–H and O–H groups in total. The van der Waals surface area contributed by atoms with E-state index in [4.69, 9.17) is 27.9 Å². The predicted molar refractivity (Wildman–Crippen MR) is 99.4 cm³/mol. The molecule has 1 aliphatic heterocycles. The van der Waals surface area contributed by atoms with E-state index in [1.54, 1.807) is 18.2 Å². The van der Waals surface area contributed by atoms with E-state index in [2.05, 4.69) is 21.7 Å². The molecule has 0 aliphatic carbocycles. The summed E-state index contributed by atoms with van der Waals surface area (Å²) in [6.45, 7) is 1.57. The van der Waals surface area contributed by atoms with Gasteiger partial charge in [0.15, 0.2) is 0 Å². The molecule has 1 aliphatic rings. The molecule has 0 saturated heterocycles. The van der Waals surface area contributed by atoms with E-state index in [0.717, 1.165) is 36.5 Å².